The number of quaternary nitrogens is 1. The van der Waals surface area contributed by atoms with E-state index in [-0.39, 0.29) is 0 Å². The largest absolute Gasteiger partial charge is 0.319 e. The highest BCUT2D eigenvalue weighted by Crippen LogP contribution is 2.43. The van der Waals surface area contributed by atoms with Gasteiger partial charge in [0.05, 0.1) is 13.6 Å². The van der Waals surface area contributed by atoms with E-state index in [0.29, 0.717) is 0 Å². The van der Waals surface area contributed by atoms with Crippen LogP contribution in [0.4, 0.5) is 0 Å². The van der Waals surface area contributed by atoms with E-state index in [1.54, 1.807) is 0 Å². The molecule has 26 heavy (non-hydrogen) atoms. The van der Waals surface area contributed by atoms with E-state index in [0.717, 1.165) is 24.1 Å². The van der Waals surface area contributed by atoms with E-state index in [9.17, 15) is 0 Å². The van der Waals surface area contributed by atoms with Crippen LogP contribution in [0.5, 0.6) is 0 Å². The summed E-state index contributed by atoms with van der Waals surface area (Å²) in [5, 5.41) is 5.43. The molecule has 0 spiro atoms. The molecule has 0 unspecified atom stereocenters. The summed E-state index contributed by atoms with van der Waals surface area (Å²) < 4.78 is 1.05. The molecule has 0 fully saturated rings. The van der Waals surface area contributed by atoms with E-state index in [2.05, 4.69) is 86.8 Å². The number of nitrogens with zero attached hydrogens (tertiary/aromatic N) is 1. The second-order valence-electron chi connectivity index (χ2n) is 7.89. The van der Waals surface area contributed by atoms with Crippen LogP contribution in [0, 0.1) is 0 Å². The van der Waals surface area contributed by atoms with E-state index < -0.39 is 0 Å². The molecule has 1 heterocycles. The van der Waals surface area contributed by atoms with Gasteiger partial charge in [-0.05, 0) is 39.6 Å². The molecule has 4 aromatic carbocycles. The predicted octanol–water partition coefficient (Wildman–Crippen LogP) is 6.14. The molecule has 128 valence electrons. The lowest BCUT2D eigenvalue weighted by Gasteiger charge is -2.32. The molecule has 1 aliphatic rings. The summed E-state index contributed by atoms with van der Waals surface area (Å²) in [5.41, 5.74) is 5.85. The summed E-state index contributed by atoms with van der Waals surface area (Å²) >= 11 is 0. The monoisotopic (exact) mass is 338 g/mol. The van der Waals surface area contributed by atoms with Crippen molar-refractivity contribution in [1.82, 2.24) is 0 Å². The third-order valence-corrected chi connectivity index (χ3v) is 6.15. The van der Waals surface area contributed by atoms with Crippen LogP contribution in [0.25, 0.3) is 32.7 Å². The number of hydrogen-bond acceptors (Lipinski definition) is 0. The smallest absolute Gasteiger partial charge is 0.105 e. The lowest BCUT2D eigenvalue weighted by atomic mass is 9.88. The summed E-state index contributed by atoms with van der Waals surface area (Å²) in [7, 11) is 2.39. The van der Waals surface area contributed by atoms with Crippen LogP contribution in [0.1, 0.15) is 18.1 Å². The molecule has 0 radical (unpaired) electrons. The number of fused-ring (bicyclic) bond motifs is 7. The lowest BCUT2D eigenvalue weighted by molar-refractivity contribution is -0.933. The fraction of sp³-hybridized carbons (Fsp3) is 0.200. The quantitative estimate of drug-likeness (QED) is 0.366. The summed E-state index contributed by atoms with van der Waals surface area (Å²) in [6.45, 7) is 5.62. The Morgan fingerprint density at radius 1 is 0.654 bits per heavy atom. The second-order valence-corrected chi connectivity index (χ2v) is 7.89. The molecule has 0 aromatic heterocycles. The van der Waals surface area contributed by atoms with Crippen LogP contribution >= 0.6 is 0 Å². The van der Waals surface area contributed by atoms with Gasteiger partial charge in [-0.1, -0.05) is 72.8 Å². The average molecular weight is 338 g/mol. The minimum Gasteiger partial charge on any atom is -0.319 e. The standard InChI is InChI=1S/C25H24N/c1-3-26(2)16-20-14-12-18-8-4-6-10-22(18)24(20)25-21(17-26)15-13-19-9-5-7-11-23(19)25/h4-15H,3,16-17H2,1-2H3/q+1. The molecule has 0 N–H and O–H groups in total. The maximum absolute atomic E-state index is 2.39. The van der Waals surface area contributed by atoms with Crippen LogP contribution in [0.2, 0.25) is 0 Å². The number of rotatable bonds is 1. The molecular formula is C25H24N+. The molecule has 0 aliphatic carbocycles. The zero-order chi connectivity index (χ0) is 17.7. The zero-order valence-electron chi connectivity index (χ0n) is 15.5. The van der Waals surface area contributed by atoms with Crippen LogP contribution in [0.3, 0.4) is 0 Å². The SMILES string of the molecule is CC[N+]1(C)Cc2ccc3ccccc3c2-c2c(ccc3ccccc23)C1. The van der Waals surface area contributed by atoms with Gasteiger partial charge in [0.2, 0.25) is 0 Å². The normalized spacial score (nSPS) is 15.5. The van der Waals surface area contributed by atoms with Crippen molar-refractivity contribution in [2.75, 3.05) is 13.6 Å². The van der Waals surface area contributed by atoms with Crippen molar-refractivity contribution < 1.29 is 4.48 Å². The molecule has 4 aromatic rings. The molecular weight excluding hydrogens is 314 g/mol. The van der Waals surface area contributed by atoms with Gasteiger partial charge in [-0.25, -0.2) is 0 Å². The van der Waals surface area contributed by atoms with Gasteiger partial charge >= 0.3 is 0 Å². The Hall–Kier alpha value is -2.64. The van der Waals surface area contributed by atoms with E-state index in [1.165, 1.54) is 43.8 Å². The van der Waals surface area contributed by atoms with Gasteiger partial charge < -0.3 is 4.48 Å². The molecule has 1 nitrogen and oxygen atoms in total. The van der Waals surface area contributed by atoms with Gasteiger partial charge in [0.25, 0.3) is 0 Å². The Bertz CT molecular complexity index is 1050. The minimum atomic E-state index is 1.05. The van der Waals surface area contributed by atoms with Crippen molar-refractivity contribution in [3.63, 3.8) is 0 Å². The van der Waals surface area contributed by atoms with Crippen LogP contribution in [-0.4, -0.2) is 18.1 Å². The van der Waals surface area contributed by atoms with Crippen molar-refractivity contribution in [1.29, 1.82) is 0 Å². The Balaban J connectivity index is 1.98. The first-order valence-corrected chi connectivity index (χ1v) is 9.54. The average Bonchev–Trinajstić information content (AvgIpc) is 2.82. The first-order valence-electron chi connectivity index (χ1n) is 9.54. The topological polar surface area (TPSA) is 0 Å². The summed E-state index contributed by atoms with van der Waals surface area (Å²) in [6, 6.07) is 27.0. The number of benzene rings is 4. The molecule has 0 bridgehead atoms. The molecule has 0 atom stereocenters. The maximum Gasteiger partial charge on any atom is 0.105 e. The molecule has 1 aliphatic heterocycles. The van der Waals surface area contributed by atoms with Gasteiger partial charge in [-0.2, -0.15) is 0 Å². The summed E-state index contributed by atoms with van der Waals surface area (Å²) in [4.78, 5) is 0. The molecule has 5 rings (SSSR count). The van der Waals surface area contributed by atoms with Gasteiger partial charge in [-0.3, -0.25) is 0 Å². The van der Waals surface area contributed by atoms with Crippen molar-refractivity contribution in [3.8, 4) is 11.1 Å². The number of hydrogen-bond donors (Lipinski definition) is 0. The first-order chi connectivity index (χ1) is 12.7. The van der Waals surface area contributed by atoms with E-state index in [4.69, 9.17) is 0 Å². The molecule has 0 amide bonds. The maximum atomic E-state index is 2.39. The van der Waals surface area contributed by atoms with Crippen molar-refractivity contribution in [3.05, 3.63) is 83.9 Å². The van der Waals surface area contributed by atoms with Crippen molar-refractivity contribution >= 4 is 21.5 Å². The Labute approximate surface area is 155 Å². The highest BCUT2D eigenvalue weighted by molar-refractivity contribution is 6.07. The third-order valence-electron chi connectivity index (χ3n) is 6.15. The fourth-order valence-corrected chi connectivity index (χ4v) is 4.59. The van der Waals surface area contributed by atoms with Crippen molar-refractivity contribution in [2.45, 2.75) is 20.0 Å². The van der Waals surface area contributed by atoms with Crippen LogP contribution in [0.15, 0.2) is 72.8 Å². The van der Waals surface area contributed by atoms with Gasteiger partial charge in [0, 0.05) is 11.1 Å². The molecule has 1 heteroatoms. The highest BCUT2D eigenvalue weighted by Gasteiger charge is 2.30. The third kappa shape index (κ3) is 2.28. The fourth-order valence-electron chi connectivity index (χ4n) is 4.59. The van der Waals surface area contributed by atoms with E-state index in [1.807, 2.05) is 0 Å². The Morgan fingerprint density at radius 3 is 1.58 bits per heavy atom. The first kappa shape index (κ1) is 15.6. The second kappa shape index (κ2) is 5.69. The molecule has 0 saturated carbocycles. The van der Waals surface area contributed by atoms with Gasteiger partial charge in [0.1, 0.15) is 13.1 Å². The van der Waals surface area contributed by atoms with E-state index >= 15 is 0 Å². The molecule has 0 saturated heterocycles. The summed E-state index contributed by atoms with van der Waals surface area (Å²) in [6.07, 6.45) is 0. The predicted molar refractivity (Wildman–Crippen MR) is 111 cm³/mol. The Morgan fingerprint density at radius 2 is 1.12 bits per heavy atom. The zero-order valence-corrected chi connectivity index (χ0v) is 15.5. The van der Waals surface area contributed by atoms with Crippen molar-refractivity contribution in [2.24, 2.45) is 0 Å². The van der Waals surface area contributed by atoms with Gasteiger partial charge in [-0.15, -0.1) is 0 Å². The summed E-state index contributed by atoms with van der Waals surface area (Å²) in [5.74, 6) is 0. The Kier molecular flexibility index (Phi) is 3.41. The lowest BCUT2D eigenvalue weighted by Crippen LogP contribution is -2.41. The van der Waals surface area contributed by atoms with Gasteiger partial charge in [0.15, 0.2) is 0 Å². The minimum absolute atomic E-state index is 1.05. The highest BCUT2D eigenvalue weighted by atomic mass is 15.3. The van der Waals surface area contributed by atoms with Crippen LogP contribution in [-0.2, 0) is 13.1 Å². The van der Waals surface area contributed by atoms with Crippen LogP contribution < -0.4 is 0 Å².